The number of nitrogens with one attached hydrogen (secondary N) is 1. The van der Waals surface area contributed by atoms with Gasteiger partial charge in [0.15, 0.2) is 15.7 Å². The Bertz CT molecular complexity index is 1590. The molecular weight excluding hydrogens is 522 g/mol. The number of sulfone groups is 1. The predicted molar refractivity (Wildman–Crippen MR) is 152 cm³/mol. The lowest BCUT2D eigenvalue weighted by atomic mass is 9.99. The van der Waals surface area contributed by atoms with Crippen LogP contribution in [0.2, 0.25) is 0 Å². The smallest absolute Gasteiger partial charge is 0.321 e. The third-order valence-corrected chi connectivity index (χ3v) is 9.38. The molecule has 202 valence electrons. The first-order valence-electron chi connectivity index (χ1n) is 12.3. The van der Waals surface area contributed by atoms with Crippen molar-refractivity contribution < 1.29 is 9.84 Å². The zero-order valence-electron chi connectivity index (χ0n) is 21.0. The predicted octanol–water partition coefficient (Wildman–Crippen LogP) is 3.20. The van der Waals surface area contributed by atoms with Gasteiger partial charge >= 0.3 is 5.69 Å². The SMILES string of the molecule is Cc1ccc(S(=O)(=O)CN(N)/C(=N\N)C(c2ccsc2)N2CCC(n3c(=O)[nH]c4ccccc43)CC2)cc1.[HH]. The number of hydrazine groups is 1. The number of nitrogens with zero attached hydrogens (tertiary/aromatic N) is 4. The first-order valence-corrected chi connectivity index (χ1v) is 14.9. The van der Waals surface area contributed by atoms with E-state index in [9.17, 15) is 13.2 Å². The van der Waals surface area contributed by atoms with Crippen LogP contribution in [-0.2, 0) is 9.84 Å². The van der Waals surface area contributed by atoms with Gasteiger partial charge in [0, 0.05) is 20.6 Å². The molecule has 5 rings (SSSR count). The van der Waals surface area contributed by atoms with Gasteiger partial charge in [-0.3, -0.25) is 14.5 Å². The van der Waals surface area contributed by atoms with Crippen molar-refractivity contribution in [2.45, 2.75) is 36.7 Å². The second-order valence-electron chi connectivity index (χ2n) is 9.56. The van der Waals surface area contributed by atoms with Crippen LogP contribution in [0, 0.1) is 6.92 Å². The molecule has 0 amide bonds. The molecule has 5 N–H and O–H groups in total. The van der Waals surface area contributed by atoms with E-state index in [4.69, 9.17) is 11.7 Å². The van der Waals surface area contributed by atoms with Crippen molar-refractivity contribution in [3.8, 4) is 0 Å². The van der Waals surface area contributed by atoms with Crippen LogP contribution in [0.4, 0.5) is 0 Å². The molecule has 1 unspecified atom stereocenters. The molecule has 3 heterocycles. The summed E-state index contributed by atoms with van der Waals surface area (Å²) in [4.78, 5) is 18.1. The van der Waals surface area contributed by atoms with Crippen molar-refractivity contribution in [3.05, 3.63) is 87.0 Å². The standard InChI is InChI=1S/C26H31N7O3S2.H2/c1-18-6-8-21(9-7-18)38(35,36)17-32(28)25(30-27)24(19-12-15-37-16-19)31-13-10-20(11-14-31)33-23-5-3-2-4-22(23)29-26(33)34;/h2-9,12,15-16,20,24H,10-11,13-14,17,27-28H2,1H3,(H,29,34);1H/b30-25-;. The van der Waals surface area contributed by atoms with E-state index < -0.39 is 21.8 Å². The minimum atomic E-state index is -3.72. The second-order valence-corrected chi connectivity index (χ2v) is 12.3. The van der Waals surface area contributed by atoms with Crippen LogP contribution in [0.3, 0.4) is 0 Å². The second kappa shape index (κ2) is 10.7. The number of piperidine rings is 1. The first kappa shape index (κ1) is 26.2. The summed E-state index contributed by atoms with van der Waals surface area (Å²) in [5.74, 6) is 12.0. The molecule has 1 aliphatic heterocycles. The highest BCUT2D eigenvalue weighted by molar-refractivity contribution is 7.91. The molecule has 10 nitrogen and oxygen atoms in total. The van der Waals surface area contributed by atoms with E-state index in [1.165, 1.54) is 11.3 Å². The molecule has 1 atom stereocenters. The number of thiophene rings is 1. The van der Waals surface area contributed by atoms with Gasteiger partial charge in [-0.15, -0.1) is 0 Å². The fourth-order valence-electron chi connectivity index (χ4n) is 5.16. The fraction of sp³-hybridized carbons (Fsp3) is 0.308. The Morgan fingerprint density at radius 2 is 1.89 bits per heavy atom. The lowest BCUT2D eigenvalue weighted by molar-refractivity contribution is 0.159. The number of imidazole rings is 1. The number of benzene rings is 2. The van der Waals surface area contributed by atoms with Gasteiger partial charge in [0.05, 0.1) is 22.0 Å². The highest BCUT2D eigenvalue weighted by atomic mass is 32.2. The number of aromatic amines is 1. The Balaban J connectivity index is 0.00000353. The van der Waals surface area contributed by atoms with Crippen molar-refractivity contribution in [1.29, 1.82) is 0 Å². The lowest BCUT2D eigenvalue weighted by Gasteiger charge is -2.39. The van der Waals surface area contributed by atoms with Crippen LogP contribution in [0.15, 0.2) is 80.1 Å². The molecule has 0 bridgehead atoms. The Morgan fingerprint density at radius 3 is 2.55 bits per heavy atom. The summed E-state index contributed by atoms with van der Waals surface area (Å²) in [5.41, 5.74) is 3.50. The Kier molecular flexibility index (Phi) is 7.39. The molecular formula is C26H33N7O3S2. The Morgan fingerprint density at radius 1 is 1.18 bits per heavy atom. The number of nitrogens with two attached hydrogens (primary N) is 2. The van der Waals surface area contributed by atoms with Crippen molar-refractivity contribution in [3.63, 3.8) is 0 Å². The van der Waals surface area contributed by atoms with E-state index in [0.717, 1.165) is 40.0 Å². The average Bonchev–Trinajstić information content (AvgIpc) is 3.54. The van der Waals surface area contributed by atoms with Crippen LogP contribution in [-0.4, -0.2) is 52.7 Å². The summed E-state index contributed by atoms with van der Waals surface area (Å²) in [7, 11) is -3.72. The Hall–Kier alpha value is -3.45. The first-order chi connectivity index (χ1) is 18.3. The number of fused-ring (bicyclic) bond motifs is 1. The fourth-order valence-corrected chi connectivity index (χ4v) is 7.04. The van der Waals surface area contributed by atoms with Gasteiger partial charge in [0.2, 0.25) is 0 Å². The number of likely N-dealkylation sites (tertiary alicyclic amines) is 1. The van der Waals surface area contributed by atoms with E-state index in [0.29, 0.717) is 13.1 Å². The zero-order valence-corrected chi connectivity index (χ0v) is 22.7. The molecule has 12 heteroatoms. The van der Waals surface area contributed by atoms with Crippen molar-refractivity contribution in [2.75, 3.05) is 19.0 Å². The van der Waals surface area contributed by atoms with E-state index in [1.807, 2.05) is 52.6 Å². The van der Waals surface area contributed by atoms with Crippen LogP contribution in [0.1, 0.15) is 37.5 Å². The number of hydrogen-bond acceptors (Lipinski definition) is 8. The number of hydrazone groups is 1. The average molecular weight is 556 g/mol. The van der Waals surface area contributed by atoms with Crippen LogP contribution < -0.4 is 17.4 Å². The molecule has 38 heavy (non-hydrogen) atoms. The highest BCUT2D eigenvalue weighted by Gasteiger charge is 2.34. The number of amidine groups is 1. The number of rotatable bonds is 7. The lowest BCUT2D eigenvalue weighted by Crippen LogP contribution is -2.50. The van der Waals surface area contributed by atoms with Gasteiger partial charge in [-0.2, -0.15) is 16.4 Å². The molecule has 0 spiro atoms. The minimum Gasteiger partial charge on any atom is -0.321 e. The van der Waals surface area contributed by atoms with E-state index >= 15 is 0 Å². The molecule has 1 fully saturated rings. The number of H-pyrrole nitrogens is 1. The maximum absolute atomic E-state index is 13.1. The minimum absolute atomic E-state index is 0. The normalized spacial score (nSPS) is 16.6. The summed E-state index contributed by atoms with van der Waals surface area (Å²) < 4.78 is 28.1. The van der Waals surface area contributed by atoms with E-state index in [1.54, 1.807) is 24.3 Å². The summed E-state index contributed by atoms with van der Waals surface area (Å²) in [6.45, 7) is 3.19. The summed E-state index contributed by atoms with van der Waals surface area (Å²) in [6.07, 6.45) is 1.46. The van der Waals surface area contributed by atoms with Gasteiger partial charge in [-0.25, -0.2) is 19.1 Å². The molecule has 2 aromatic heterocycles. The highest BCUT2D eigenvalue weighted by Crippen LogP contribution is 2.32. The molecule has 2 aromatic carbocycles. The van der Waals surface area contributed by atoms with Crippen molar-refractivity contribution in [2.24, 2.45) is 16.8 Å². The van der Waals surface area contributed by atoms with Gasteiger partial charge in [-0.05, 0) is 66.4 Å². The monoisotopic (exact) mass is 555 g/mol. The van der Waals surface area contributed by atoms with Gasteiger partial charge < -0.3 is 10.8 Å². The molecule has 0 radical (unpaired) electrons. The van der Waals surface area contributed by atoms with Crippen LogP contribution >= 0.6 is 11.3 Å². The summed E-state index contributed by atoms with van der Waals surface area (Å²) in [6, 6.07) is 15.9. The third kappa shape index (κ3) is 5.12. The number of aryl methyl sites for hydroxylation is 1. The molecule has 1 saturated heterocycles. The maximum atomic E-state index is 13.1. The van der Waals surface area contributed by atoms with E-state index in [2.05, 4.69) is 15.0 Å². The largest absolute Gasteiger partial charge is 0.326 e. The van der Waals surface area contributed by atoms with Gasteiger partial charge in [-0.1, -0.05) is 29.8 Å². The molecule has 0 aliphatic carbocycles. The van der Waals surface area contributed by atoms with Gasteiger partial charge in [0.1, 0.15) is 5.88 Å². The summed E-state index contributed by atoms with van der Waals surface area (Å²) in [5, 5.41) is 9.08. The van der Waals surface area contributed by atoms with Gasteiger partial charge in [0.25, 0.3) is 0 Å². The number of aromatic nitrogens is 2. The molecule has 1 aliphatic rings. The topological polar surface area (TPSA) is 143 Å². The Labute approximate surface area is 226 Å². The van der Waals surface area contributed by atoms with Crippen LogP contribution in [0.5, 0.6) is 0 Å². The third-order valence-electron chi connectivity index (χ3n) is 7.07. The van der Waals surface area contributed by atoms with Crippen LogP contribution in [0.25, 0.3) is 11.0 Å². The number of para-hydroxylation sites is 2. The number of hydrogen-bond donors (Lipinski definition) is 3. The zero-order chi connectivity index (χ0) is 26.9. The van der Waals surface area contributed by atoms with Crippen molar-refractivity contribution in [1.82, 2.24) is 19.5 Å². The maximum Gasteiger partial charge on any atom is 0.326 e. The molecule has 4 aromatic rings. The van der Waals surface area contributed by atoms with Crippen molar-refractivity contribution >= 4 is 38.0 Å². The summed E-state index contributed by atoms with van der Waals surface area (Å²) >= 11 is 1.54. The molecule has 0 saturated carbocycles. The quantitative estimate of drug-likeness (QED) is 0.138. The van der Waals surface area contributed by atoms with E-state index in [-0.39, 0.29) is 23.9 Å².